The highest BCUT2D eigenvalue weighted by Gasteiger charge is 2.28. The monoisotopic (exact) mass is 1110 g/mol. The largest absolute Gasteiger partial charge is 0.480 e. The number of carbonyl (C=O) groups is 12. The number of nitrogens with two attached hydrogens (primary N) is 4. The number of carboxylic acids is 2. The molecule has 0 saturated carbocycles. The third kappa shape index (κ3) is 41.2. The minimum Gasteiger partial charge on any atom is -0.480 e. The van der Waals surface area contributed by atoms with E-state index in [2.05, 4.69) is 53.6 Å². The number of carbonyl (C=O) groups excluding carboxylic acids is 10. The standard InChI is InChI=1S/C15H25N3O4.C12H20N4O4.C12H19N3O4.C9H14N4O4/c1-5-22-15(21)13(7-6-11(19)9-17-4)18-14(20)12(16)8-10(2)3;1-7(2)5-9(13)11(18)16-10(12(19)20)4-3-8(17)6-15-14;1-4-19-12(18)10(15-11(17)8(2)13)6-5-9(16)7-14-3;1-5(10)8(15)13-7(9(16)17)3-2-6(14)4-12-11/h9-10,12-13H,4-8,16H2,1-3H3;6-7,9-10H,3-5,13H2,1-2H3,(H,16,18)(H,19,20);7-8,10H,3-6,13H2,1-2H3;4-5,7H,2-3,10H2,1H3,(H,13,15)(H,16,17)/p+2/t12-,13-;9-,10-;8-,10-;5-,7-/m0000/s1. The minimum absolute atomic E-state index is 0.0573. The van der Waals surface area contributed by atoms with Crippen LogP contribution >= 0.6 is 0 Å². The summed E-state index contributed by atoms with van der Waals surface area (Å²) in [4.78, 5) is 141. The van der Waals surface area contributed by atoms with Crippen molar-refractivity contribution in [2.24, 2.45) is 34.8 Å². The Morgan fingerprint density at radius 1 is 0.474 bits per heavy atom. The van der Waals surface area contributed by atoms with Crippen molar-refractivity contribution in [2.45, 2.75) is 168 Å². The van der Waals surface area contributed by atoms with E-state index in [1.54, 1.807) is 13.8 Å². The zero-order valence-corrected chi connectivity index (χ0v) is 45.6. The molecule has 0 aromatic heterocycles. The number of carboxylic acid groups (broad SMARTS) is 2. The summed E-state index contributed by atoms with van der Waals surface area (Å²) >= 11 is 0. The second-order valence-electron chi connectivity index (χ2n) is 17.6. The molecule has 0 aliphatic rings. The van der Waals surface area contributed by atoms with Gasteiger partial charge in [-0.2, -0.15) is 9.58 Å². The maximum atomic E-state index is 12.0. The van der Waals surface area contributed by atoms with Crippen LogP contribution in [0.1, 0.15) is 120 Å². The maximum Gasteiger partial charge on any atom is 0.334 e. The van der Waals surface area contributed by atoms with Crippen molar-refractivity contribution in [2.75, 3.05) is 13.2 Å². The number of Topliss-reactive ketones (excluding diaryl/α,β-unsaturated/α-hetero) is 4. The Kier molecular flexibility index (Phi) is 44.3. The van der Waals surface area contributed by atoms with E-state index in [0.717, 1.165) is 12.4 Å². The summed E-state index contributed by atoms with van der Waals surface area (Å²) in [6.45, 7) is 20.7. The highest BCUT2D eigenvalue weighted by molar-refractivity contribution is 6.27. The predicted octanol–water partition coefficient (Wildman–Crippen LogP) is -3.70. The molecule has 0 aromatic carbocycles. The van der Waals surface area contributed by atoms with Crippen molar-refractivity contribution in [3.63, 3.8) is 0 Å². The molecule has 0 unspecified atom stereocenters. The van der Waals surface area contributed by atoms with E-state index in [1.165, 1.54) is 13.8 Å². The lowest BCUT2D eigenvalue weighted by molar-refractivity contribution is -0.148. The van der Waals surface area contributed by atoms with Crippen LogP contribution < -0.4 is 53.5 Å². The lowest BCUT2D eigenvalue weighted by atomic mass is 10.0. The normalized spacial score (nSPS) is 13.0. The number of rotatable bonds is 34. The van der Waals surface area contributed by atoms with Gasteiger partial charge in [0.25, 0.3) is 13.4 Å². The van der Waals surface area contributed by atoms with E-state index in [0.29, 0.717) is 25.3 Å². The van der Waals surface area contributed by atoms with Crippen LogP contribution in [0, 0.1) is 11.8 Å². The first-order valence-electron chi connectivity index (χ1n) is 24.5. The Balaban J connectivity index is -0.000000470. The fraction of sp³-hybridized carbons (Fsp3) is 0.625. The van der Waals surface area contributed by atoms with Gasteiger partial charge in [-0.15, -0.1) is 9.34 Å². The van der Waals surface area contributed by atoms with Crippen molar-refractivity contribution in [3.05, 3.63) is 11.1 Å². The van der Waals surface area contributed by atoms with Gasteiger partial charge in [-0.05, 0) is 78.1 Å². The second-order valence-corrected chi connectivity index (χ2v) is 17.6. The van der Waals surface area contributed by atoms with E-state index in [-0.39, 0.29) is 88.0 Å². The first-order valence-corrected chi connectivity index (χ1v) is 24.5. The molecule has 8 atom stereocenters. The molecule has 436 valence electrons. The zero-order chi connectivity index (χ0) is 61.1. The van der Waals surface area contributed by atoms with Gasteiger partial charge in [0, 0.05) is 25.7 Å². The molecule has 14 N–H and O–H groups in total. The SMILES string of the molecule is C=[N+]=CC(=O)CC[C@H](NC(=O)[C@@H](N)CC(C)C)C(=O)OCC.C=[N+]=CC(=O)CC[C@H](NC(=O)[C@H](C)N)C(=O)OCC.CC(C)C[C@H](N)C(=O)N[C@@H](CCC(=O)C=[N+]=[N-])C(=O)O.C[C@H](N)C(=O)N[C@@H](CCC(=O)C=[N+]=[N-])C(=O)O. The van der Waals surface area contributed by atoms with Crippen molar-refractivity contribution < 1.29 is 86.8 Å². The van der Waals surface area contributed by atoms with Gasteiger partial charge in [-0.25, -0.2) is 19.2 Å². The Hall–Kier alpha value is -8.06. The van der Waals surface area contributed by atoms with Crippen LogP contribution in [0.5, 0.6) is 0 Å². The molecule has 0 heterocycles. The number of ketones is 4. The van der Waals surface area contributed by atoms with Gasteiger partial charge in [0.1, 0.15) is 24.2 Å². The molecule has 0 bridgehead atoms. The van der Waals surface area contributed by atoms with Crippen molar-refractivity contribution >= 4 is 109 Å². The molecule has 0 aliphatic carbocycles. The van der Waals surface area contributed by atoms with Crippen LogP contribution in [0.15, 0.2) is 0 Å². The van der Waals surface area contributed by atoms with E-state index in [4.69, 9.17) is 53.7 Å². The lowest BCUT2D eigenvalue weighted by Crippen LogP contribution is -2.49. The first kappa shape index (κ1) is 76.4. The van der Waals surface area contributed by atoms with Gasteiger partial charge >= 0.3 is 48.7 Å². The highest BCUT2D eigenvalue weighted by Crippen LogP contribution is 2.08. The summed E-state index contributed by atoms with van der Waals surface area (Å²) in [6.07, 6.45) is 4.32. The van der Waals surface area contributed by atoms with Crippen molar-refractivity contribution in [3.8, 4) is 0 Å². The Bertz CT molecular complexity index is 2210. The molecule has 4 amide bonds. The second kappa shape index (κ2) is 45.2. The van der Waals surface area contributed by atoms with Crippen molar-refractivity contribution in [1.29, 1.82) is 0 Å². The molecular formula is C48H80N14O16+2. The summed E-state index contributed by atoms with van der Waals surface area (Å²) in [6, 6.07) is -7.23. The molecule has 0 aliphatic heterocycles. The summed E-state index contributed by atoms with van der Waals surface area (Å²) in [5, 5.41) is 27.3. The molecule has 0 aromatic rings. The lowest BCUT2D eigenvalue weighted by Gasteiger charge is -2.20. The van der Waals surface area contributed by atoms with E-state index < -0.39 is 107 Å². The smallest absolute Gasteiger partial charge is 0.334 e. The molecule has 30 nitrogen and oxygen atoms in total. The van der Waals surface area contributed by atoms with Gasteiger partial charge in [0.05, 0.1) is 37.4 Å². The number of aliphatic carboxylic acids is 2. The van der Waals surface area contributed by atoms with Gasteiger partial charge in [-0.3, -0.25) is 38.4 Å². The highest BCUT2D eigenvalue weighted by atomic mass is 16.5. The van der Waals surface area contributed by atoms with E-state index in [1.807, 2.05) is 27.7 Å². The van der Waals surface area contributed by atoms with E-state index >= 15 is 0 Å². The maximum absolute atomic E-state index is 12.0. The molecular weight excluding hydrogens is 1030 g/mol. The zero-order valence-electron chi connectivity index (χ0n) is 45.6. The predicted molar refractivity (Wildman–Crippen MR) is 285 cm³/mol. The molecule has 0 rings (SSSR count). The van der Waals surface area contributed by atoms with Gasteiger partial charge in [0.2, 0.25) is 46.8 Å². The van der Waals surface area contributed by atoms with Crippen LogP contribution in [-0.2, 0) is 67.0 Å². The number of hydrogen-bond donors (Lipinski definition) is 10. The topological polar surface area (TPSA) is 517 Å². The number of esters is 2. The summed E-state index contributed by atoms with van der Waals surface area (Å²) in [7, 11) is 0. The van der Waals surface area contributed by atoms with Gasteiger partial charge in [-0.1, -0.05) is 27.7 Å². The summed E-state index contributed by atoms with van der Waals surface area (Å²) in [5.74, 6) is -6.88. The van der Waals surface area contributed by atoms with E-state index in [9.17, 15) is 57.5 Å². The quantitative estimate of drug-likeness (QED) is 0.0128. The molecule has 0 radical (unpaired) electrons. The minimum atomic E-state index is -1.26. The molecule has 78 heavy (non-hydrogen) atoms. The average Bonchev–Trinajstić information content (AvgIpc) is 3.34. The Morgan fingerprint density at radius 3 is 0.974 bits per heavy atom. The molecule has 0 saturated heterocycles. The molecule has 0 spiro atoms. The van der Waals surface area contributed by atoms with Crippen LogP contribution in [0.25, 0.3) is 11.1 Å². The van der Waals surface area contributed by atoms with Crippen LogP contribution in [0.4, 0.5) is 0 Å². The summed E-state index contributed by atoms with van der Waals surface area (Å²) < 4.78 is 16.4. The first-order chi connectivity index (χ1) is 36.4. The van der Waals surface area contributed by atoms with Gasteiger partial charge in [0.15, 0.2) is 0 Å². The van der Waals surface area contributed by atoms with Crippen LogP contribution in [0.2, 0.25) is 0 Å². The third-order valence-corrected chi connectivity index (χ3v) is 9.55. The van der Waals surface area contributed by atoms with Gasteiger partial charge < -0.3 is 75.0 Å². The fourth-order valence-electron chi connectivity index (χ4n) is 5.63. The average molecular weight is 1110 g/mol. The Labute approximate surface area is 452 Å². The number of hydrogen-bond acceptors (Lipinski definition) is 18. The number of amides is 4. The van der Waals surface area contributed by atoms with Crippen molar-refractivity contribution in [1.82, 2.24) is 30.6 Å². The Morgan fingerprint density at radius 2 is 0.731 bits per heavy atom. The molecule has 0 fully saturated rings. The summed E-state index contributed by atoms with van der Waals surface area (Å²) in [5.41, 5.74) is 38.3. The fourth-order valence-corrected chi connectivity index (χ4v) is 5.63. The number of nitrogens with one attached hydrogen (secondary N) is 4. The number of nitrogens with zero attached hydrogens (tertiary/aromatic N) is 6. The number of ether oxygens (including phenoxy) is 2. The van der Waals surface area contributed by atoms with Crippen LogP contribution in [0.3, 0.4) is 0 Å². The molecule has 30 heteroatoms. The third-order valence-electron chi connectivity index (χ3n) is 9.55. The van der Waals surface area contributed by atoms with Crippen LogP contribution in [-0.4, -0.2) is 190 Å².